The molecule has 1 aliphatic carbocycles. The monoisotopic (exact) mass is 652 g/mol. The van der Waals surface area contributed by atoms with Crippen LogP contribution < -0.4 is 0 Å². The Bertz CT molecular complexity index is 1760. The lowest BCUT2D eigenvalue weighted by atomic mass is 9.96. The summed E-state index contributed by atoms with van der Waals surface area (Å²) in [6, 6.07) is 16.0. The number of hydrogen-bond donors (Lipinski definition) is 2. The van der Waals surface area contributed by atoms with Gasteiger partial charge in [-0.2, -0.15) is 18.3 Å². The Morgan fingerprint density at radius 3 is 2.34 bits per heavy atom. The smallest absolute Gasteiger partial charge is 0.478 e. The van der Waals surface area contributed by atoms with Crippen LogP contribution in [-0.4, -0.2) is 76.5 Å². The molecular weight excluding hydrogens is 617 g/mol. The second-order valence-electron chi connectivity index (χ2n) is 11.8. The van der Waals surface area contributed by atoms with E-state index in [0.29, 0.717) is 17.3 Å². The molecule has 2 aromatic carbocycles. The highest BCUT2D eigenvalue weighted by Crippen LogP contribution is 2.55. The van der Waals surface area contributed by atoms with Crippen LogP contribution in [0.15, 0.2) is 60.9 Å². The minimum absolute atomic E-state index is 0.00415. The molecule has 2 aromatic heterocycles. The Kier molecular flexibility index (Phi) is 9.77. The highest BCUT2D eigenvalue weighted by molar-refractivity contribution is 5.96. The van der Waals surface area contributed by atoms with E-state index in [-0.39, 0.29) is 23.3 Å². The van der Waals surface area contributed by atoms with Gasteiger partial charge in [-0.25, -0.2) is 14.3 Å². The number of aliphatic carboxylic acids is 1. The zero-order valence-corrected chi connectivity index (χ0v) is 25.9. The largest absolute Gasteiger partial charge is 0.490 e. The molecule has 2 fully saturated rings. The molecule has 2 N–H and O–H groups in total. The van der Waals surface area contributed by atoms with E-state index in [9.17, 15) is 27.9 Å². The van der Waals surface area contributed by atoms with Crippen LogP contribution in [0.2, 0.25) is 0 Å². The van der Waals surface area contributed by atoms with E-state index >= 15 is 0 Å². The van der Waals surface area contributed by atoms with Crippen molar-refractivity contribution in [2.75, 3.05) is 6.54 Å². The molecule has 1 saturated carbocycles. The number of carbonyl (C=O) groups is 3. The number of piperidine rings is 1. The number of aromatic nitrogens is 5. The molecule has 0 spiro atoms. The second kappa shape index (κ2) is 13.8. The van der Waals surface area contributed by atoms with Crippen molar-refractivity contribution in [2.24, 2.45) is 7.05 Å². The Labute approximate surface area is 268 Å². The molecule has 14 heteroatoms. The van der Waals surface area contributed by atoms with Crippen molar-refractivity contribution in [3.8, 4) is 16.8 Å². The number of alkyl halides is 3. The fourth-order valence-electron chi connectivity index (χ4n) is 6.16. The average Bonchev–Trinajstić information content (AvgIpc) is 3.49. The van der Waals surface area contributed by atoms with Gasteiger partial charge in [-0.05, 0) is 67.5 Å². The summed E-state index contributed by atoms with van der Waals surface area (Å²) < 4.78 is 35.1. The first kappa shape index (κ1) is 33.4. The number of nitrogens with zero attached hydrogens (tertiary/aromatic N) is 6. The van der Waals surface area contributed by atoms with Crippen molar-refractivity contribution in [3.05, 3.63) is 83.4 Å². The van der Waals surface area contributed by atoms with Gasteiger partial charge in [0.2, 0.25) is 0 Å². The lowest BCUT2D eigenvalue weighted by molar-refractivity contribution is -0.192. The maximum atomic E-state index is 13.5. The Morgan fingerprint density at radius 1 is 1.00 bits per heavy atom. The summed E-state index contributed by atoms with van der Waals surface area (Å²) >= 11 is 0. The summed E-state index contributed by atoms with van der Waals surface area (Å²) in [6.07, 6.45) is 4.44. The molecule has 2 aliphatic rings. The predicted octanol–water partition coefficient (Wildman–Crippen LogP) is 6.07. The van der Waals surface area contributed by atoms with Gasteiger partial charge in [-0.15, -0.1) is 5.10 Å². The fraction of sp³-hybridized carbons (Fsp3) is 0.394. The molecule has 0 unspecified atom stereocenters. The number of benzene rings is 2. The van der Waals surface area contributed by atoms with Gasteiger partial charge >= 0.3 is 18.1 Å². The minimum atomic E-state index is -5.08. The van der Waals surface area contributed by atoms with E-state index in [1.165, 1.54) is 12.6 Å². The SMILES string of the molecule is CCC[C@@H]1CCCCN1C(=O)c1cccc(-c2cccc(-n3ncc(C(=O)O)c3[C@H]3C[C@@H]3c3cn(C)nn3)c2)c1.O=C(O)C(F)(F)F. The van der Waals surface area contributed by atoms with Crippen LogP contribution in [0.25, 0.3) is 16.8 Å². The first-order valence-electron chi connectivity index (χ1n) is 15.4. The molecule has 6 rings (SSSR count). The van der Waals surface area contributed by atoms with Crippen molar-refractivity contribution < 1.29 is 37.8 Å². The second-order valence-corrected chi connectivity index (χ2v) is 11.8. The third-order valence-electron chi connectivity index (χ3n) is 8.46. The van der Waals surface area contributed by atoms with Crippen LogP contribution in [-0.2, 0) is 11.8 Å². The van der Waals surface area contributed by atoms with Crippen LogP contribution in [0.5, 0.6) is 0 Å². The van der Waals surface area contributed by atoms with E-state index in [1.54, 1.807) is 9.36 Å². The van der Waals surface area contributed by atoms with Crippen molar-refractivity contribution >= 4 is 17.8 Å². The highest BCUT2D eigenvalue weighted by Gasteiger charge is 2.46. The van der Waals surface area contributed by atoms with E-state index in [4.69, 9.17) is 9.90 Å². The van der Waals surface area contributed by atoms with Crippen LogP contribution in [0, 0.1) is 0 Å². The van der Waals surface area contributed by atoms with Gasteiger partial charge in [0.25, 0.3) is 5.91 Å². The van der Waals surface area contributed by atoms with Gasteiger partial charge in [0.05, 0.1) is 23.3 Å². The number of likely N-dealkylation sites (tertiary alicyclic amines) is 1. The van der Waals surface area contributed by atoms with Crippen LogP contribution in [0.4, 0.5) is 13.2 Å². The highest BCUT2D eigenvalue weighted by atomic mass is 19.4. The standard InChI is InChI=1S/C31H34N6O3.C2HF3O2/c1-3-8-23-12-4-5-14-36(23)30(38)22-11-6-9-20(15-22)21-10-7-13-24(16-21)37-29(27(18-32-37)31(39)40)26-17-25(26)28-19-35(2)34-33-28;3-2(4,5)1(6)7/h6-7,9-11,13,15-16,18-19,23,25-26H,3-5,8,12,14,17H2,1-2H3,(H,39,40);(H,6,7)/t23-,25+,26+;/m1./s1. The molecule has 3 atom stereocenters. The van der Waals surface area contributed by atoms with Crippen LogP contribution in [0.3, 0.4) is 0 Å². The lowest BCUT2D eigenvalue weighted by Crippen LogP contribution is -2.43. The molecule has 1 amide bonds. The Balaban J connectivity index is 0.000000559. The number of carboxylic acids is 2. The van der Waals surface area contributed by atoms with Gasteiger partial charge in [0.15, 0.2) is 0 Å². The number of rotatable bonds is 8. The number of amides is 1. The Morgan fingerprint density at radius 2 is 1.70 bits per heavy atom. The first-order chi connectivity index (χ1) is 22.4. The predicted molar refractivity (Wildman–Crippen MR) is 164 cm³/mol. The summed E-state index contributed by atoms with van der Waals surface area (Å²) in [7, 11) is 1.82. The average molecular weight is 653 g/mol. The van der Waals surface area contributed by atoms with E-state index in [1.807, 2.05) is 61.8 Å². The number of aromatic carboxylic acids is 1. The lowest BCUT2D eigenvalue weighted by Gasteiger charge is -2.36. The number of carboxylic acid groups (broad SMARTS) is 2. The van der Waals surface area contributed by atoms with Crippen LogP contribution in [0.1, 0.15) is 89.4 Å². The normalized spacial score (nSPS) is 19.1. The maximum absolute atomic E-state index is 13.5. The maximum Gasteiger partial charge on any atom is 0.490 e. The Hall–Kier alpha value is -5.01. The summed E-state index contributed by atoms with van der Waals surface area (Å²) in [5, 5.41) is 29.8. The number of aryl methyl sites for hydroxylation is 1. The molecule has 11 nitrogen and oxygen atoms in total. The summed E-state index contributed by atoms with van der Waals surface area (Å²) in [5.74, 6) is -3.55. The first-order valence-corrected chi connectivity index (χ1v) is 15.4. The van der Waals surface area contributed by atoms with Gasteiger partial charge in [-0.1, -0.05) is 42.8 Å². The van der Waals surface area contributed by atoms with E-state index < -0.39 is 18.1 Å². The molecule has 1 saturated heterocycles. The van der Waals surface area contributed by atoms with Crippen LogP contribution >= 0.6 is 0 Å². The molecule has 3 heterocycles. The van der Waals surface area contributed by atoms with Crippen molar-refractivity contribution in [2.45, 2.75) is 69.5 Å². The molecule has 4 aromatic rings. The molecular formula is C33H35F3N6O5. The zero-order chi connectivity index (χ0) is 33.9. The van der Waals surface area contributed by atoms with Crippen molar-refractivity contribution in [1.29, 1.82) is 0 Å². The fourth-order valence-corrected chi connectivity index (χ4v) is 6.16. The number of halogens is 3. The van der Waals surface area contributed by atoms with Gasteiger partial charge in [0, 0.05) is 43.2 Å². The molecule has 1 aliphatic heterocycles. The summed E-state index contributed by atoms with van der Waals surface area (Å²) in [5.41, 5.74) is 5.10. The topological polar surface area (TPSA) is 143 Å². The summed E-state index contributed by atoms with van der Waals surface area (Å²) in [6.45, 7) is 2.99. The quantitative estimate of drug-likeness (QED) is 0.234. The number of carbonyl (C=O) groups excluding carboxylic acids is 1. The minimum Gasteiger partial charge on any atom is -0.478 e. The molecule has 47 heavy (non-hydrogen) atoms. The zero-order valence-electron chi connectivity index (χ0n) is 25.9. The van der Waals surface area contributed by atoms with Crippen molar-refractivity contribution in [1.82, 2.24) is 29.7 Å². The van der Waals surface area contributed by atoms with E-state index in [0.717, 1.165) is 61.2 Å². The molecule has 248 valence electrons. The third-order valence-corrected chi connectivity index (χ3v) is 8.46. The van der Waals surface area contributed by atoms with Gasteiger partial charge in [0.1, 0.15) is 5.56 Å². The van der Waals surface area contributed by atoms with Gasteiger partial charge in [-0.3, -0.25) is 9.48 Å². The summed E-state index contributed by atoms with van der Waals surface area (Å²) in [4.78, 5) is 36.6. The third kappa shape index (κ3) is 7.53. The van der Waals surface area contributed by atoms with E-state index in [2.05, 4.69) is 27.2 Å². The number of hydrogen-bond acceptors (Lipinski definition) is 6. The van der Waals surface area contributed by atoms with Gasteiger partial charge < -0.3 is 15.1 Å². The molecule has 0 bridgehead atoms. The van der Waals surface area contributed by atoms with Crippen molar-refractivity contribution in [3.63, 3.8) is 0 Å². The molecule has 0 radical (unpaired) electrons.